The third-order valence-corrected chi connectivity index (χ3v) is 1.37. The van der Waals surface area contributed by atoms with Gasteiger partial charge in [-0.15, -0.1) is 0 Å². The Balaban J connectivity index is 3.97. The van der Waals surface area contributed by atoms with Crippen LogP contribution >= 0.6 is 0 Å². The van der Waals surface area contributed by atoms with Crippen LogP contribution in [0.15, 0.2) is 17.1 Å². The fourth-order valence-corrected chi connectivity index (χ4v) is 0.821. The lowest BCUT2D eigenvalue weighted by Crippen LogP contribution is -2.34. The summed E-state index contributed by atoms with van der Waals surface area (Å²) in [7, 11) is 0. The highest BCUT2D eigenvalue weighted by atomic mass is 16.6. The second-order valence-electron chi connectivity index (χ2n) is 4.60. The van der Waals surface area contributed by atoms with Crippen molar-refractivity contribution >= 4 is 11.9 Å². The number of ether oxygens (including phenoxy) is 1. The lowest BCUT2D eigenvalue weighted by Gasteiger charge is -2.18. The second-order valence-corrected chi connectivity index (χ2v) is 4.60. The molecule has 0 aliphatic heterocycles. The summed E-state index contributed by atoms with van der Waals surface area (Å²) in [6.45, 7) is 11.5. The van der Waals surface area contributed by atoms with Crippen LogP contribution in [0.25, 0.3) is 0 Å². The molecule has 5 heteroatoms. The van der Waals surface area contributed by atoms with Crippen molar-refractivity contribution in [1.29, 1.82) is 0 Å². The van der Waals surface area contributed by atoms with Gasteiger partial charge in [-0.05, 0) is 27.7 Å². The highest BCUT2D eigenvalue weighted by Crippen LogP contribution is 2.06. The molecule has 0 rings (SSSR count). The van der Waals surface area contributed by atoms with Gasteiger partial charge < -0.3 is 15.8 Å². The zero-order valence-corrected chi connectivity index (χ0v) is 10.5. The predicted octanol–water partition coefficient (Wildman–Crippen LogP) is 0.808. The van der Waals surface area contributed by atoms with Crippen LogP contribution in [0.1, 0.15) is 27.7 Å². The fourth-order valence-electron chi connectivity index (χ4n) is 0.821. The minimum atomic E-state index is -0.494. The van der Waals surface area contributed by atoms with Crippen LogP contribution in [0.2, 0.25) is 0 Å². The molecule has 0 atom stereocenters. The first kappa shape index (κ1) is 14.5. The van der Waals surface area contributed by atoms with Gasteiger partial charge in [-0.2, -0.15) is 0 Å². The molecule has 92 valence electrons. The van der Waals surface area contributed by atoms with Crippen molar-refractivity contribution in [1.82, 2.24) is 5.32 Å². The molecule has 0 spiro atoms. The number of rotatable bonds is 4. The first-order valence-corrected chi connectivity index (χ1v) is 5.11. The maximum Gasteiger partial charge on any atom is 0.328 e. The first-order valence-electron chi connectivity index (χ1n) is 5.11. The summed E-state index contributed by atoms with van der Waals surface area (Å²) in [6, 6.07) is 0. The Bertz CT molecular complexity index is 290. The Morgan fingerprint density at radius 3 is 2.50 bits per heavy atom. The number of nitrogens with one attached hydrogen (secondary N) is 1. The molecule has 0 aromatic rings. The number of guanidine groups is 1. The van der Waals surface area contributed by atoms with Crippen molar-refractivity contribution in [3.8, 4) is 0 Å². The Kier molecular flexibility index (Phi) is 5.56. The van der Waals surface area contributed by atoms with Crippen LogP contribution < -0.4 is 11.1 Å². The lowest BCUT2D eigenvalue weighted by atomic mass is 10.2. The number of carbonyl (C=O) groups excluding carboxylic acids is 1. The monoisotopic (exact) mass is 227 g/mol. The van der Waals surface area contributed by atoms with E-state index in [0.29, 0.717) is 6.54 Å². The van der Waals surface area contributed by atoms with Crippen molar-refractivity contribution in [2.75, 3.05) is 13.1 Å². The first-order chi connectivity index (χ1) is 7.20. The van der Waals surface area contributed by atoms with Crippen molar-refractivity contribution < 1.29 is 9.53 Å². The Morgan fingerprint density at radius 1 is 1.50 bits per heavy atom. The minimum Gasteiger partial charge on any atom is -0.459 e. The van der Waals surface area contributed by atoms with Crippen LogP contribution in [-0.2, 0) is 9.53 Å². The molecule has 16 heavy (non-hydrogen) atoms. The third kappa shape index (κ3) is 9.05. The number of hydrogen-bond donors (Lipinski definition) is 2. The lowest BCUT2D eigenvalue weighted by molar-refractivity contribution is -0.152. The van der Waals surface area contributed by atoms with E-state index >= 15 is 0 Å². The van der Waals surface area contributed by atoms with Gasteiger partial charge in [-0.25, -0.2) is 4.99 Å². The van der Waals surface area contributed by atoms with E-state index in [1.165, 1.54) is 0 Å². The highest BCUT2D eigenvalue weighted by Gasteiger charge is 2.15. The molecule has 0 heterocycles. The SMILES string of the molecule is C=C(C)CNC(N)=NCC(=O)OC(C)(C)C. The number of aliphatic imine (C=N–C) groups is 1. The van der Waals surface area contributed by atoms with Crippen LogP contribution in [0.3, 0.4) is 0 Å². The molecule has 3 N–H and O–H groups in total. The second kappa shape index (κ2) is 6.15. The van der Waals surface area contributed by atoms with E-state index in [4.69, 9.17) is 10.5 Å². The van der Waals surface area contributed by atoms with Crippen LogP contribution in [0, 0.1) is 0 Å². The summed E-state index contributed by atoms with van der Waals surface area (Å²) in [6.07, 6.45) is 0. The van der Waals surface area contributed by atoms with E-state index in [-0.39, 0.29) is 12.5 Å². The predicted molar refractivity (Wildman–Crippen MR) is 65.2 cm³/mol. The van der Waals surface area contributed by atoms with Crippen LogP contribution in [0.5, 0.6) is 0 Å². The quantitative estimate of drug-likeness (QED) is 0.322. The number of esters is 1. The summed E-state index contributed by atoms with van der Waals surface area (Å²) < 4.78 is 5.07. The normalized spacial score (nSPS) is 12.1. The maximum absolute atomic E-state index is 11.3. The number of carbonyl (C=O) groups is 1. The summed E-state index contributed by atoms with van der Waals surface area (Å²) in [5, 5.41) is 2.82. The molecule has 0 aliphatic carbocycles. The molecule has 0 aromatic carbocycles. The highest BCUT2D eigenvalue weighted by molar-refractivity contribution is 5.81. The standard InChI is InChI=1S/C11H21N3O2/c1-8(2)6-13-10(12)14-7-9(15)16-11(3,4)5/h1,6-7H2,2-5H3,(H3,12,13,14). The van der Waals surface area contributed by atoms with Crippen molar-refractivity contribution in [3.05, 3.63) is 12.2 Å². The fraction of sp³-hybridized carbons (Fsp3) is 0.636. The topological polar surface area (TPSA) is 76.7 Å². The van der Waals surface area contributed by atoms with Gasteiger partial charge in [0.15, 0.2) is 5.96 Å². The van der Waals surface area contributed by atoms with Crippen molar-refractivity contribution in [2.24, 2.45) is 10.7 Å². The minimum absolute atomic E-state index is 0.0771. The summed E-state index contributed by atoms with van der Waals surface area (Å²) in [5.41, 5.74) is 5.97. The molecule has 0 saturated carbocycles. The average molecular weight is 227 g/mol. The Morgan fingerprint density at radius 2 is 2.06 bits per heavy atom. The molecule has 0 bridgehead atoms. The molecule has 0 radical (unpaired) electrons. The largest absolute Gasteiger partial charge is 0.459 e. The Hall–Kier alpha value is -1.52. The van der Waals surface area contributed by atoms with Gasteiger partial charge in [0.1, 0.15) is 12.1 Å². The van der Waals surface area contributed by atoms with Gasteiger partial charge in [0.05, 0.1) is 0 Å². The number of nitrogens with zero attached hydrogens (tertiary/aromatic N) is 1. The van der Waals surface area contributed by atoms with Crippen molar-refractivity contribution in [3.63, 3.8) is 0 Å². The van der Waals surface area contributed by atoms with Gasteiger partial charge in [0.2, 0.25) is 0 Å². The summed E-state index contributed by atoms with van der Waals surface area (Å²) >= 11 is 0. The molecular formula is C11H21N3O2. The van der Waals surface area contributed by atoms with Gasteiger partial charge in [-0.1, -0.05) is 12.2 Å². The molecule has 0 fully saturated rings. The Labute approximate surface area is 96.8 Å². The van der Waals surface area contributed by atoms with Gasteiger partial charge in [0.25, 0.3) is 0 Å². The molecule has 0 amide bonds. The molecule has 5 nitrogen and oxygen atoms in total. The van der Waals surface area contributed by atoms with E-state index in [0.717, 1.165) is 5.57 Å². The van der Waals surface area contributed by atoms with E-state index in [1.807, 2.05) is 6.92 Å². The van der Waals surface area contributed by atoms with E-state index in [2.05, 4.69) is 16.9 Å². The molecule has 0 saturated heterocycles. The zero-order valence-electron chi connectivity index (χ0n) is 10.5. The third-order valence-electron chi connectivity index (χ3n) is 1.37. The zero-order chi connectivity index (χ0) is 12.8. The number of nitrogens with two attached hydrogens (primary N) is 1. The van der Waals surface area contributed by atoms with Crippen LogP contribution in [-0.4, -0.2) is 30.6 Å². The summed E-state index contributed by atoms with van der Waals surface area (Å²) in [5.74, 6) is -0.179. The van der Waals surface area contributed by atoms with Gasteiger partial charge in [-0.3, -0.25) is 4.79 Å². The van der Waals surface area contributed by atoms with E-state index in [1.54, 1.807) is 20.8 Å². The average Bonchev–Trinajstić information content (AvgIpc) is 2.08. The van der Waals surface area contributed by atoms with Gasteiger partial charge in [0, 0.05) is 6.54 Å². The summed E-state index contributed by atoms with van der Waals surface area (Å²) in [4.78, 5) is 15.1. The van der Waals surface area contributed by atoms with Crippen molar-refractivity contribution in [2.45, 2.75) is 33.3 Å². The van der Waals surface area contributed by atoms with Crippen LogP contribution in [0.4, 0.5) is 0 Å². The number of hydrogen-bond acceptors (Lipinski definition) is 3. The molecule has 0 aliphatic rings. The molecule has 0 aromatic heterocycles. The van der Waals surface area contributed by atoms with Gasteiger partial charge >= 0.3 is 5.97 Å². The smallest absolute Gasteiger partial charge is 0.328 e. The van der Waals surface area contributed by atoms with E-state index < -0.39 is 11.6 Å². The molecular weight excluding hydrogens is 206 g/mol. The molecule has 0 unspecified atom stereocenters. The van der Waals surface area contributed by atoms with E-state index in [9.17, 15) is 4.79 Å². The maximum atomic E-state index is 11.3.